The zero-order valence-electron chi connectivity index (χ0n) is 31.7. The largest absolute Gasteiger partial charge is 0.307 e. The first-order valence-corrected chi connectivity index (χ1v) is 20.3. The van der Waals surface area contributed by atoms with Crippen molar-refractivity contribution in [3.05, 3.63) is 205 Å². The van der Waals surface area contributed by atoms with Crippen LogP contribution in [0.15, 0.2) is 194 Å². The topological polar surface area (TPSA) is 19.7 Å². The minimum Gasteiger partial charge on any atom is -0.307 e. The van der Waals surface area contributed by atoms with Crippen molar-refractivity contribution in [2.24, 2.45) is 0 Å². The molecule has 4 heteroatoms. The molecule has 13 rings (SSSR count). The first-order chi connectivity index (χ1) is 28.8. The second-order valence-corrected chi connectivity index (χ2v) is 15.6. The third-order valence-corrected chi connectivity index (χ3v) is 12.7. The zero-order chi connectivity index (χ0) is 37.9. The van der Waals surface area contributed by atoms with E-state index in [-0.39, 0.29) is 0 Å². The molecular formula is C54H36N4. The zero-order valence-corrected chi connectivity index (χ0v) is 31.7. The van der Waals surface area contributed by atoms with Crippen LogP contribution >= 0.6 is 0 Å². The number of fused-ring (bicyclic) bond motifs is 14. The third kappa shape index (κ3) is 4.24. The van der Waals surface area contributed by atoms with Crippen LogP contribution in [0.4, 0.5) is 0 Å². The van der Waals surface area contributed by atoms with Crippen LogP contribution in [0.1, 0.15) is 11.1 Å². The highest BCUT2D eigenvalue weighted by Gasteiger charge is 2.31. The molecule has 0 spiro atoms. The molecule has 12 aromatic rings. The molecule has 0 saturated heterocycles. The van der Waals surface area contributed by atoms with Gasteiger partial charge in [0, 0.05) is 55.1 Å². The maximum Gasteiger partial charge on any atom is 0.0788 e. The van der Waals surface area contributed by atoms with E-state index in [2.05, 4.69) is 212 Å². The average molecular weight is 741 g/mol. The first kappa shape index (κ1) is 31.6. The average Bonchev–Trinajstić information content (AvgIpc) is 4.02. The van der Waals surface area contributed by atoms with Gasteiger partial charge < -0.3 is 18.3 Å². The lowest BCUT2D eigenvalue weighted by atomic mass is 9.92. The fourth-order valence-corrected chi connectivity index (χ4v) is 10.3. The fraction of sp³-hybridized carbons (Fsp3) is 0.0370. The molecule has 0 amide bonds. The highest BCUT2D eigenvalue weighted by Crippen LogP contribution is 2.47. The van der Waals surface area contributed by atoms with Gasteiger partial charge in [0.15, 0.2) is 0 Å². The van der Waals surface area contributed by atoms with E-state index in [0.29, 0.717) is 0 Å². The van der Waals surface area contributed by atoms with Crippen LogP contribution in [0.3, 0.4) is 0 Å². The molecule has 0 N–H and O–H groups in total. The van der Waals surface area contributed by atoms with Crippen molar-refractivity contribution in [3.8, 4) is 34.1 Å². The summed E-state index contributed by atoms with van der Waals surface area (Å²) in [5, 5.41) is 7.67. The highest BCUT2D eigenvalue weighted by atomic mass is 15.1. The van der Waals surface area contributed by atoms with Crippen LogP contribution in [-0.2, 0) is 12.8 Å². The van der Waals surface area contributed by atoms with Crippen LogP contribution in [0.25, 0.3) is 99.6 Å². The SMILES string of the molecule is c1ccc(-n2c3c(c4ccccc42)CCc2c-3n(-c3ccc(-n4c5ccccc5c5ccc6c7ccccc7n(-c7ccccc7)c6c54)cc3)c3ccccc23)cc1. The van der Waals surface area contributed by atoms with Crippen molar-refractivity contribution in [1.82, 2.24) is 18.3 Å². The van der Waals surface area contributed by atoms with Crippen molar-refractivity contribution in [2.75, 3.05) is 0 Å². The van der Waals surface area contributed by atoms with Gasteiger partial charge in [-0.25, -0.2) is 0 Å². The summed E-state index contributed by atoms with van der Waals surface area (Å²) in [4.78, 5) is 0. The number of rotatable bonds is 4. The molecule has 0 radical (unpaired) electrons. The molecular weight excluding hydrogens is 705 g/mol. The van der Waals surface area contributed by atoms with Crippen LogP contribution in [0, 0.1) is 0 Å². The van der Waals surface area contributed by atoms with E-state index in [4.69, 9.17) is 0 Å². The van der Waals surface area contributed by atoms with Gasteiger partial charge >= 0.3 is 0 Å². The normalized spacial score (nSPS) is 12.7. The van der Waals surface area contributed by atoms with Crippen molar-refractivity contribution >= 4 is 65.4 Å². The molecule has 8 aromatic carbocycles. The summed E-state index contributed by atoms with van der Waals surface area (Å²) in [7, 11) is 0. The molecule has 0 fully saturated rings. The summed E-state index contributed by atoms with van der Waals surface area (Å²) in [5.41, 5.74) is 17.4. The number of aryl methyl sites for hydroxylation is 2. The minimum atomic E-state index is 1.00. The molecule has 0 bridgehead atoms. The molecule has 272 valence electrons. The van der Waals surface area contributed by atoms with Crippen molar-refractivity contribution in [1.29, 1.82) is 0 Å². The van der Waals surface area contributed by atoms with E-state index in [1.165, 1.54) is 93.6 Å². The Bertz CT molecular complexity index is 3600. The Morgan fingerprint density at radius 2 is 0.552 bits per heavy atom. The monoisotopic (exact) mass is 740 g/mol. The molecule has 0 saturated carbocycles. The van der Waals surface area contributed by atoms with Gasteiger partial charge in [0.05, 0.1) is 44.5 Å². The van der Waals surface area contributed by atoms with Gasteiger partial charge in [0.2, 0.25) is 0 Å². The number of hydrogen-bond acceptors (Lipinski definition) is 0. The molecule has 0 aliphatic heterocycles. The molecule has 58 heavy (non-hydrogen) atoms. The number of hydrogen-bond donors (Lipinski definition) is 0. The van der Waals surface area contributed by atoms with E-state index >= 15 is 0 Å². The van der Waals surface area contributed by atoms with Gasteiger partial charge in [0.25, 0.3) is 0 Å². The predicted molar refractivity (Wildman–Crippen MR) is 242 cm³/mol. The van der Waals surface area contributed by atoms with Gasteiger partial charge in [-0.3, -0.25) is 0 Å². The van der Waals surface area contributed by atoms with Gasteiger partial charge in [-0.05, 0) is 96.8 Å². The minimum absolute atomic E-state index is 1.00. The third-order valence-electron chi connectivity index (χ3n) is 12.7. The standard InChI is InChI=1S/C54H36N4/c1-3-15-35(16-4-1)55-47-23-11-7-19-39(47)43-31-33-45-41-21-9-13-25-49(41)57(53(45)51(43)55)37-27-29-38(30-28-37)58-50-26-14-10-22-42(50)46-34-32-44-40-20-8-12-24-48(40)56(52(44)54(46)58)36-17-5-2-6-18-36/h1-31,33H,32,34H2. The molecule has 1 aliphatic carbocycles. The Morgan fingerprint density at radius 1 is 0.241 bits per heavy atom. The molecule has 4 aromatic heterocycles. The Kier molecular flexibility index (Phi) is 6.53. The predicted octanol–water partition coefficient (Wildman–Crippen LogP) is 13.5. The van der Waals surface area contributed by atoms with E-state index in [1.807, 2.05) is 0 Å². The van der Waals surface area contributed by atoms with Gasteiger partial charge in [-0.1, -0.05) is 121 Å². The number of aromatic nitrogens is 4. The van der Waals surface area contributed by atoms with Crippen molar-refractivity contribution in [3.63, 3.8) is 0 Å². The number of para-hydroxylation sites is 6. The lowest BCUT2D eigenvalue weighted by molar-refractivity contribution is 0.921. The highest BCUT2D eigenvalue weighted by molar-refractivity contribution is 6.23. The molecule has 4 nitrogen and oxygen atoms in total. The number of benzene rings is 8. The van der Waals surface area contributed by atoms with Crippen LogP contribution in [-0.4, -0.2) is 18.3 Å². The van der Waals surface area contributed by atoms with Crippen LogP contribution in [0.5, 0.6) is 0 Å². The lowest BCUT2D eigenvalue weighted by Gasteiger charge is -2.21. The maximum atomic E-state index is 2.53. The Labute approximate surface area is 334 Å². The van der Waals surface area contributed by atoms with Gasteiger partial charge in [-0.15, -0.1) is 0 Å². The van der Waals surface area contributed by atoms with E-state index in [1.54, 1.807) is 0 Å². The van der Waals surface area contributed by atoms with E-state index in [9.17, 15) is 0 Å². The first-order valence-electron chi connectivity index (χ1n) is 20.3. The maximum absolute atomic E-state index is 2.53. The molecule has 0 atom stereocenters. The summed E-state index contributed by atoms with van der Waals surface area (Å²) in [5.74, 6) is 0. The molecule has 4 heterocycles. The number of nitrogens with zero attached hydrogens (tertiary/aromatic N) is 4. The molecule has 1 aliphatic rings. The Morgan fingerprint density at radius 3 is 0.983 bits per heavy atom. The Balaban J connectivity index is 1.08. The van der Waals surface area contributed by atoms with E-state index in [0.717, 1.165) is 29.9 Å². The Hall–Kier alpha value is -7.56. The van der Waals surface area contributed by atoms with Crippen LogP contribution in [0.2, 0.25) is 0 Å². The van der Waals surface area contributed by atoms with Crippen LogP contribution < -0.4 is 0 Å². The summed E-state index contributed by atoms with van der Waals surface area (Å²) >= 11 is 0. The fourth-order valence-electron chi connectivity index (χ4n) is 10.3. The van der Waals surface area contributed by atoms with Gasteiger partial charge in [0.1, 0.15) is 0 Å². The van der Waals surface area contributed by atoms with E-state index < -0.39 is 0 Å². The van der Waals surface area contributed by atoms with Crippen molar-refractivity contribution < 1.29 is 0 Å². The quantitative estimate of drug-likeness (QED) is 0.171. The smallest absolute Gasteiger partial charge is 0.0788 e. The van der Waals surface area contributed by atoms with Crippen molar-refractivity contribution in [2.45, 2.75) is 12.8 Å². The summed E-state index contributed by atoms with van der Waals surface area (Å²) in [6.45, 7) is 0. The summed E-state index contributed by atoms with van der Waals surface area (Å²) < 4.78 is 9.98. The second-order valence-electron chi connectivity index (χ2n) is 15.6. The van der Waals surface area contributed by atoms with Gasteiger partial charge in [-0.2, -0.15) is 0 Å². The summed E-state index contributed by atoms with van der Waals surface area (Å²) in [6.07, 6.45) is 2.01. The lowest BCUT2D eigenvalue weighted by Crippen LogP contribution is -2.09. The molecule has 0 unspecified atom stereocenters. The summed E-state index contributed by atoms with van der Waals surface area (Å²) in [6, 6.07) is 71.3. The second kappa shape index (κ2) is 12.0.